The van der Waals surface area contributed by atoms with Gasteiger partial charge in [-0.2, -0.15) is 0 Å². The van der Waals surface area contributed by atoms with Gasteiger partial charge < -0.3 is 19.9 Å². The molecule has 0 saturated carbocycles. The van der Waals surface area contributed by atoms with Crippen molar-refractivity contribution in [3.8, 4) is 5.75 Å². The molecule has 0 aliphatic carbocycles. The van der Waals surface area contributed by atoms with Gasteiger partial charge in [0.25, 0.3) is 0 Å². The molecule has 0 bridgehead atoms. The van der Waals surface area contributed by atoms with Crippen molar-refractivity contribution in [3.63, 3.8) is 0 Å². The van der Waals surface area contributed by atoms with Crippen LogP contribution in [0.3, 0.4) is 0 Å². The van der Waals surface area contributed by atoms with Gasteiger partial charge in [-0.25, -0.2) is 9.37 Å². The maximum Gasteiger partial charge on any atom is 0.191 e. The van der Waals surface area contributed by atoms with Crippen LogP contribution in [0.4, 0.5) is 4.39 Å². The van der Waals surface area contributed by atoms with Gasteiger partial charge in [0.05, 0.1) is 6.54 Å². The van der Waals surface area contributed by atoms with Gasteiger partial charge in [0.15, 0.2) is 5.96 Å². The van der Waals surface area contributed by atoms with E-state index >= 15 is 0 Å². The molecule has 3 rings (SSSR count). The number of benzene rings is 2. The molecule has 1 aromatic heterocycles. The van der Waals surface area contributed by atoms with Crippen molar-refractivity contribution in [2.24, 2.45) is 4.99 Å². The fraction of sp³-hybridized carbons (Fsp3) is 0.304. The normalized spacial score (nSPS) is 12.0. The second-order valence-electron chi connectivity index (χ2n) is 6.97. The Bertz CT molecular complexity index is 931. The van der Waals surface area contributed by atoms with E-state index in [1.807, 2.05) is 37.5 Å². The number of rotatable bonds is 9. The average Bonchev–Trinajstić information content (AvgIpc) is 3.19. The summed E-state index contributed by atoms with van der Waals surface area (Å²) in [6.07, 6.45) is 4.52. The summed E-state index contributed by atoms with van der Waals surface area (Å²) in [5.74, 6) is 2.08. The van der Waals surface area contributed by atoms with Crippen molar-refractivity contribution in [1.82, 2.24) is 20.2 Å². The molecule has 3 aromatic rings. The maximum absolute atomic E-state index is 13.0. The molecule has 0 radical (unpaired) electrons. The number of aliphatic imine (C=N–C) groups is 1. The van der Waals surface area contributed by atoms with Gasteiger partial charge in [0, 0.05) is 39.0 Å². The van der Waals surface area contributed by atoms with E-state index in [0.717, 1.165) is 18.8 Å². The third kappa shape index (κ3) is 8.20. The van der Waals surface area contributed by atoms with E-state index in [1.165, 1.54) is 17.7 Å². The number of nitrogens with one attached hydrogen (secondary N) is 2. The predicted molar refractivity (Wildman–Crippen MR) is 133 cm³/mol. The van der Waals surface area contributed by atoms with Gasteiger partial charge in [-0.05, 0) is 36.8 Å². The molecule has 0 aliphatic heterocycles. The molecule has 2 N–H and O–H groups in total. The number of imidazole rings is 1. The Balaban J connectivity index is 0.00000341. The van der Waals surface area contributed by atoms with E-state index in [9.17, 15) is 4.39 Å². The van der Waals surface area contributed by atoms with Crippen molar-refractivity contribution in [2.45, 2.75) is 26.0 Å². The van der Waals surface area contributed by atoms with Gasteiger partial charge in [-0.3, -0.25) is 4.99 Å². The third-order valence-electron chi connectivity index (χ3n) is 4.57. The minimum absolute atomic E-state index is 0. The van der Waals surface area contributed by atoms with Crippen molar-refractivity contribution < 1.29 is 9.13 Å². The molecule has 0 fully saturated rings. The molecule has 0 amide bonds. The first-order valence-corrected chi connectivity index (χ1v) is 10.0. The van der Waals surface area contributed by atoms with E-state index in [1.54, 1.807) is 19.2 Å². The standard InChI is InChI=1S/C23H28FN5O.HI/c1-18(30-21-10-8-20(24)9-11-21)16-28-23(25-2)27-13-12-22-26-14-15-29(22)17-19-6-4-3-5-7-19;/h3-11,14-15,18H,12-13,16-17H2,1-2H3,(H2,25,27,28);1H. The first kappa shape index (κ1) is 24.6. The largest absolute Gasteiger partial charge is 0.489 e. The molecule has 0 aliphatic rings. The van der Waals surface area contributed by atoms with E-state index in [0.29, 0.717) is 24.8 Å². The summed E-state index contributed by atoms with van der Waals surface area (Å²) in [5.41, 5.74) is 1.25. The van der Waals surface area contributed by atoms with E-state index in [4.69, 9.17) is 4.74 Å². The first-order chi connectivity index (χ1) is 14.6. The maximum atomic E-state index is 13.0. The van der Waals surface area contributed by atoms with Crippen LogP contribution in [0.25, 0.3) is 0 Å². The molecule has 31 heavy (non-hydrogen) atoms. The highest BCUT2D eigenvalue weighted by Gasteiger charge is 2.07. The van der Waals surface area contributed by atoms with Gasteiger partial charge in [0.2, 0.25) is 0 Å². The fourth-order valence-corrected chi connectivity index (χ4v) is 3.03. The number of hydrogen-bond donors (Lipinski definition) is 2. The van der Waals surface area contributed by atoms with Crippen LogP contribution in [0.1, 0.15) is 18.3 Å². The van der Waals surface area contributed by atoms with Gasteiger partial charge >= 0.3 is 0 Å². The van der Waals surface area contributed by atoms with Gasteiger partial charge in [-0.15, -0.1) is 24.0 Å². The minimum atomic E-state index is -0.276. The Morgan fingerprint density at radius 3 is 2.58 bits per heavy atom. The van der Waals surface area contributed by atoms with Crippen molar-refractivity contribution in [1.29, 1.82) is 0 Å². The summed E-state index contributed by atoms with van der Waals surface area (Å²) >= 11 is 0. The number of aromatic nitrogens is 2. The van der Waals surface area contributed by atoms with Crippen LogP contribution in [0, 0.1) is 5.82 Å². The van der Waals surface area contributed by atoms with E-state index in [-0.39, 0.29) is 35.9 Å². The molecular formula is C23H29FIN5O. The Morgan fingerprint density at radius 1 is 1.13 bits per heavy atom. The molecule has 0 saturated heterocycles. The summed E-state index contributed by atoms with van der Waals surface area (Å²) in [5, 5.41) is 6.55. The number of ether oxygens (including phenoxy) is 1. The number of nitrogens with zero attached hydrogens (tertiary/aromatic N) is 3. The summed E-state index contributed by atoms with van der Waals surface area (Å²) in [6.45, 7) is 4.03. The molecular weight excluding hydrogens is 508 g/mol. The van der Waals surface area contributed by atoms with Crippen LogP contribution >= 0.6 is 24.0 Å². The van der Waals surface area contributed by atoms with Crippen LogP contribution < -0.4 is 15.4 Å². The topological polar surface area (TPSA) is 63.5 Å². The number of guanidine groups is 1. The minimum Gasteiger partial charge on any atom is -0.489 e. The molecule has 1 atom stereocenters. The predicted octanol–water partition coefficient (Wildman–Crippen LogP) is 3.86. The Labute approximate surface area is 200 Å². The summed E-state index contributed by atoms with van der Waals surface area (Å²) < 4.78 is 20.9. The van der Waals surface area contributed by atoms with Crippen molar-refractivity contribution >= 4 is 29.9 Å². The van der Waals surface area contributed by atoms with Crippen LogP contribution in [0.15, 0.2) is 72.0 Å². The lowest BCUT2D eigenvalue weighted by atomic mass is 10.2. The zero-order valence-electron chi connectivity index (χ0n) is 17.8. The highest BCUT2D eigenvalue weighted by molar-refractivity contribution is 14.0. The highest BCUT2D eigenvalue weighted by atomic mass is 127. The second kappa shape index (κ2) is 12.9. The Kier molecular flexibility index (Phi) is 10.3. The summed E-state index contributed by atoms with van der Waals surface area (Å²) in [7, 11) is 1.73. The quantitative estimate of drug-likeness (QED) is 0.247. The third-order valence-corrected chi connectivity index (χ3v) is 4.57. The summed E-state index contributed by atoms with van der Waals surface area (Å²) in [6, 6.07) is 16.4. The second-order valence-corrected chi connectivity index (χ2v) is 6.97. The van der Waals surface area contributed by atoms with Gasteiger partial charge in [0.1, 0.15) is 23.5 Å². The molecule has 1 heterocycles. The molecule has 0 spiro atoms. The Hall–Kier alpha value is -2.62. The van der Waals surface area contributed by atoms with Crippen molar-refractivity contribution in [2.75, 3.05) is 20.1 Å². The molecule has 1 unspecified atom stereocenters. The molecule has 8 heteroatoms. The smallest absolute Gasteiger partial charge is 0.191 e. The zero-order chi connectivity index (χ0) is 21.2. The number of hydrogen-bond acceptors (Lipinski definition) is 3. The van der Waals surface area contributed by atoms with Crippen LogP contribution in [-0.2, 0) is 13.0 Å². The number of halogens is 2. The lowest BCUT2D eigenvalue weighted by Gasteiger charge is -2.18. The van der Waals surface area contributed by atoms with E-state index < -0.39 is 0 Å². The van der Waals surface area contributed by atoms with E-state index in [2.05, 4.69) is 37.3 Å². The SMILES string of the molecule is CN=C(NCCc1nccn1Cc1ccccc1)NCC(C)Oc1ccc(F)cc1.I. The van der Waals surface area contributed by atoms with Crippen LogP contribution in [-0.4, -0.2) is 41.8 Å². The molecule has 166 valence electrons. The highest BCUT2D eigenvalue weighted by Crippen LogP contribution is 2.12. The van der Waals surface area contributed by atoms with Crippen LogP contribution in [0.2, 0.25) is 0 Å². The van der Waals surface area contributed by atoms with Gasteiger partial charge in [-0.1, -0.05) is 30.3 Å². The van der Waals surface area contributed by atoms with Crippen molar-refractivity contribution in [3.05, 3.63) is 84.2 Å². The fourth-order valence-electron chi connectivity index (χ4n) is 3.03. The lowest BCUT2D eigenvalue weighted by Crippen LogP contribution is -2.42. The zero-order valence-corrected chi connectivity index (χ0v) is 20.1. The Morgan fingerprint density at radius 2 is 1.87 bits per heavy atom. The molecule has 2 aromatic carbocycles. The molecule has 6 nitrogen and oxygen atoms in total. The monoisotopic (exact) mass is 537 g/mol. The lowest BCUT2D eigenvalue weighted by molar-refractivity contribution is 0.223. The van der Waals surface area contributed by atoms with Crippen LogP contribution in [0.5, 0.6) is 5.75 Å². The average molecular weight is 537 g/mol. The summed E-state index contributed by atoms with van der Waals surface area (Å²) in [4.78, 5) is 8.73. The first-order valence-electron chi connectivity index (χ1n) is 10.0.